The fourth-order valence-corrected chi connectivity index (χ4v) is 3.76. The second kappa shape index (κ2) is 5.68. The molecule has 0 bridgehead atoms. The van der Waals surface area contributed by atoms with Gasteiger partial charge >= 0.3 is 0 Å². The number of carbonyl (C=O) groups is 1. The first-order valence-electron chi connectivity index (χ1n) is 5.87. The van der Waals surface area contributed by atoms with E-state index in [1.54, 1.807) is 0 Å². The molecule has 5 heteroatoms. The van der Waals surface area contributed by atoms with Gasteiger partial charge in [0.2, 0.25) is 0 Å². The van der Waals surface area contributed by atoms with Crippen LogP contribution < -0.4 is 5.32 Å². The van der Waals surface area contributed by atoms with Crippen LogP contribution in [0.3, 0.4) is 0 Å². The predicted octanol–water partition coefficient (Wildman–Crippen LogP) is 5.68. The van der Waals surface area contributed by atoms with E-state index < -0.39 is 0 Å². The van der Waals surface area contributed by atoms with Gasteiger partial charge in [-0.3, -0.25) is 4.79 Å². The van der Waals surface area contributed by atoms with Crippen molar-refractivity contribution < 1.29 is 4.79 Å². The molecule has 0 aliphatic rings. The van der Waals surface area contributed by atoms with E-state index in [1.165, 1.54) is 11.3 Å². The van der Waals surface area contributed by atoms with Crippen molar-refractivity contribution in [1.29, 1.82) is 0 Å². The Bertz CT molecular complexity index is 797. The Morgan fingerprint density at radius 2 is 1.75 bits per heavy atom. The van der Waals surface area contributed by atoms with E-state index >= 15 is 0 Å². The van der Waals surface area contributed by atoms with E-state index in [-0.39, 0.29) is 5.91 Å². The molecule has 1 heterocycles. The first-order chi connectivity index (χ1) is 9.63. The highest BCUT2D eigenvalue weighted by Gasteiger charge is 2.11. The number of carbonyl (C=O) groups excluding carboxylic acids is 1. The Balaban J connectivity index is 1.90. The third kappa shape index (κ3) is 2.80. The number of benzene rings is 2. The van der Waals surface area contributed by atoms with Crippen molar-refractivity contribution in [3.63, 3.8) is 0 Å². The van der Waals surface area contributed by atoms with Crippen LogP contribution in [0.4, 0.5) is 5.69 Å². The average molecular weight is 411 g/mol. The third-order valence-corrected chi connectivity index (χ3v) is 5.21. The van der Waals surface area contributed by atoms with Crippen molar-refractivity contribution in [3.8, 4) is 0 Å². The van der Waals surface area contributed by atoms with Gasteiger partial charge in [0.05, 0.1) is 0 Å². The van der Waals surface area contributed by atoms with Gasteiger partial charge in [0, 0.05) is 14.6 Å². The standard InChI is InChI=1S/C15H9Br2NOS/c16-11-3-1-10-8-12(4-2-9(10)7-11)18-15(19)14-13(17)5-6-20-14/h1-8H,(H,18,19). The largest absolute Gasteiger partial charge is 0.321 e. The second-order valence-corrected chi connectivity index (χ2v) is 6.94. The number of hydrogen-bond donors (Lipinski definition) is 1. The maximum Gasteiger partial charge on any atom is 0.266 e. The van der Waals surface area contributed by atoms with Crippen molar-refractivity contribution in [2.75, 3.05) is 5.32 Å². The minimum Gasteiger partial charge on any atom is -0.321 e. The molecule has 0 saturated carbocycles. The topological polar surface area (TPSA) is 29.1 Å². The SMILES string of the molecule is O=C(Nc1ccc2cc(Br)ccc2c1)c1sccc1Br. The highest BCUT2D eigenvalue weighted by atomic mass is 79.9. The van der Waals surface area contributed by atoms with Crippen LogP contribution in [0.5, 0.6) is 0 Å². The zero-order valence-electron chi connectivity index (χ0n) is 10.2. The molecule has 2 nitrogen and oxygen atoms in total. The lowest BCUT2D eigenvalue weighted by Gasteiger charge is -2.06. The van der Waals surface area contributed by atoms with Gasteiger partial charge in [-0.25, -0.2) is 0 Å². The number of halogens is 2. The molecule has 0 aliphatic carbocycles. The van der Waals surface area contributed by atoms with E-state index in [1.807, 2.05) is 41.8 Å². The van der Waals surface area contributed by atoms with Crippen LogP contribution in [0, 0.1) is 0 Å². The van der Waals surface area contributed by atoms with Gasteiger partial charge in [0.25, 0.3) is 5.91 Å². The van der Waals surface area contributed by atoms with Crippen molar-refractivity contribution in [2.45, 2.75) is 0 Å². The van der Waals surface area contributed by atoms with Gasteiger partial charge in [0.1, 0.15) is 4.88 Å². The minimum absolute atomic E-state index is 0.0941. The monoisotopic (exact) mass is 409 g/mol. The van der Waals surface area contributed by atoms with Gasteiger partial charge in [-0.1, -0.05) is 28.1 Å². The summed E-state index contributed by atoms with van der Waals surface area (Å²) in [6.07, 6.45) is 0. The van der Waals surface area contributed by atoms with Crippen LogP contribution in [-0.2, 0) is 0 Å². The molecule has 0 fully saturated rings. The van der Waals surface area contributed by atoms with Crippen molar-refractivity contribution in [3.05, 3.63) is 61.7 Å². The summed E-state index contributed by atoms with van der Waals surface area (Å²) in [6, 6.07) is 13.8. The molecule has 1 N–H and O–H groups in total. The fourth-order valence-electron chi connectivity index (χ4n) is 1.94. The summed E-state index contributed by atoms with van der Waals surface area (Å²) in [4.78, 5) is 12.8. The van der Waals surface area contributed by atoms with Gasteiger partial charge in [0.15, 0.2) is 0 Å². The first kappa shape index (κ1) is 13.8. The van der Waals surface area contributed by atoms with Crippen LogP contribution in [0.1, 0.15) is 9.67 Å². The van der Waals surface area contributed by atoms with E-state index in [9.17, 15) is 4.79 Å². The number of thiophene rings is 1. The molecular weight excluding hydrogens is 402 g/mol. The molecule has 1 aromatic heterocycles. The molecule has 0 atom stereocenters. The van der Waals surface area contributed by atoms with Crippen molar-refractivity contribution in [2.24, 2.45) is 0 Å². The zero-order chi connectivity index (χ0) is 14.1. The lowest BCUT2D eigenvalue weighted by atomic mass is 10.1. The van der Waals surface area contributed by atoms with Crippen LogP contribution in [-0.4, -0.2) is 5.91 Å². The Kier molecular flexibility index (Phi) is 3.92. The molecule has 0 saturated heterocycles. The summed E-state index contributed by atoms with van der Waals surface area (Å²) in [7, 11) is 0. The normalized spacial score (nSPS) is 10.7. The van der Waals surface area contributed by atoms with Gasteiger partial charge in [-0.15, -0.1) is 11.3 Å². The molecule has 0 radical (unpaired) electrons. The van der Waals surface area contributed by atoms with Crippen molar-refractivity contribution >= 4 is 65.6 Å². The lowest BCUT2D eigenvalue weighted by molar-refractivity contribution is 0.103. The highest BCUT2D eigenvalue weighted by molar-refractivity contribution is 9.10. The van der Waals surface area contributed by atoms with E-state index in [0.717, 1.165) is 25.4 Å². The minimum atomic E-state index is -0.0941. The molecule has 2 aromatic carbocycles. The van der Waals surface area contributed by atoms with Crippen LogP contribution >= 0.6 is 43.2 Å². The summed E-state index contributed by atoms with van der Waals surface area (Å²) >= 11 is 8.24. The van der Waals surface area contributed by atoms with E-state index in [0.29, 0.717) is 4.88 Å². The highest BCUT2D eigenvalue weighted by Crippen LogP contribution is 2.26. The molecule has 1 amide bonds. The molecule has 100 valence electrons. The van der Waals surface area contributed by atoms with Gasteiger partial charge in [-0.2, -0.15) is 0 Å². The summed E-state index contributed by atoms with van der Waals surface area (Å²) in [6.45, 7) is 0. The quantitative estimate of drug-likeness (QED) is 0.578. The molecular formula is C15H9Br2NOS. The van der Waals surface area contributed by atoms with Crippen LogP contribution in [0.15, 0.2) is 56.8 Å². The first-order valence-corrected chi connectivity index (χ1v) is 8.34. The smallest absolute Gasteiger partial charge is 0.266 e. The maximum atomic E-state index is 12.1. The van der Waals surface area contributed by atoms with Gasteiger partial charge in [-0.05, 0) is 62.4 Å². The van der Waals surface area contributed by atoms with E-state index in [2.05, 4.69) is 43.2 Å². The maximum absolute atomic E-state index is 12.1. The summed E-state index contributed by atoms with van der Waals surface area (Å²) in [5, 5.41) is 7.04. The Morgan fingerprint density at radius 1 is 1.00 bits per heavy atom. The number of hydrogen-bond acceptors (Lipinski definition) is 2. The predicted molar refractivity (Wildman–Crippen MR) is 91.6 cm³/mol. The lowest BCUT2D eigenvalue weighted by Crippen LogP contribution is -2.10. The zero-order valence-corrected chi connectivity index (χ0v) is 14.2. The molecule has 20 heavy (non-hydrogen) atoms. The van der Waals surface area contributed by atoms with E-state index in [4.69, 9.17) is 0 Å². The molecule has 3 rings (SSSR count). The van der Waals surface area contributed by atoms with Crippen LogP contribution in [0.25, 0.3) is 10.8 Å². The number of anilines is 1. The Hall–Kier alpha value is -1.17. The summed E-state index contributed by atoms with van der Waals surface area (Å²) < 4.78 is 1.87. The number of rotatable bonds is 2. The number of amides is 1. The Labute approximate surface area is 137 Å². The molecule has 3 aromatic rings. The number of fused-ring (bicyclic) bond motifs is 1. The average Bonchev–Trinajstić information content (AvgIpc) is 2.85. The third-order valence-electron chi connectivity index (χ3n) is 2.88. The molecule has 0 aliphatic heterocycles. The Morgan fingerprint density at radius 3 is 2.50 bits per heavy atom. The fraction of sp³-hybridized carbons (Fsp3) is 0. The van der Waals surface area contributed by atoms with Crippen molar-refractivity contribution in [1.82, 2.24) is 0 Å². The van der Waals surface area contributed by atoms with Crippen LogP contribution in [0.2, 0.25) is 0 Å². The molecule has 0 spiro atoms. The number of nitrogens with one attached hydrogen (secondary N) is 1. The second-order valence-electron chi connectivity index (χ2n) is 4.26. The summed E-state index contributed by atoms with van der Waals surface area (Å²) in [5.74, 6) is -0.0941. The molecule has 0 unspecified atom stereocenters. The summed E-state index contributed by atoms with van der Waals surface area (Å²) in [5.41, 5.74) is 0.796. The van der Waals surface area contributed by atoms with Gasteiger partial charge < -0.3 is 5.32 Å².